The monoisotopic (exact) mass is 471 g/mol. The lowest BCUT2D eigenvalue weighted by molar-refractivity contribution is -0.139. The highest BCUT2D eigenvalue weighted by molar-refractivity contribution is 6.46. The second kappa shape index (κ2) is 9.09. The fraction of sp³-hybridized carbons (Fsp3) is 0.231. The van der Waals surface area contributed by atoms with E-state index in [4.69, 9.17) is 4.74 Å². The zero-order valence-corrected chi connectivity index (χ0v) is 19.5. The van der Waals surface area contributed by atoms with Gasteiger partial charge in [0.25, 0.3) is 11.7 Å². The third-order valence-corrected chi connectivity index (χ3v) is 6.27. The van der Waals surface area contributed by atoms with E-state index in [2.05, 4.69) is 9.97 Å². The number of carbonyl (C=O) groups is 2. The first-order valence-electron chi connectivity index (χ1n) is 11.3. The molecule has 1 aliphatic rings. The number of rotatable bonds is 7. The lowest BCUT2D eigenvalue weighted by atomic mass is 9.96. The Morgan fingerprint density at radius 2 is 1.89 bits per heavy atom. The molecule has 1 fully saturated rings. The number of Topliss-reactive ketones (excluding diaryl/α,β-unsaturated/α-hetero) is 1. The Bertz CT molecular complexity index is 1420. The number of methoxy groups -OCH3 is 1. The number of hydrogen-bond donors (Lipinski definition) is 1. The number of carbonyl (C=O) groups excluding carboxylic acids is 2. The molecule has 1 N–H and O–H groups in total. The van der Waals surface area contributed by atoms with Crippen LogP contribution in [0.4, 0.5) is 0 Å². The second-order valence-corrected chi connectivity index (χ2v) is 8.39. The first kappa shape index (κ1) is 22.4. The Balaban J connectivity index is 1.60. The third kappa shape index (κ3) is 3.95. The van der Waals surface area contributed by atoms with Gasteiger partial charge in [-0.3, -0.25) is 14.0 Å². The molecule has 0 bridgehead atoms. The summed E-state index contributed by atoms with van der Waals surface area (Å²) in [6, 6.07) is 11.9. The first-order chi connectivity index (χ1) is 17.0. The van der Waals surface area contributed by atoms with Gasteiger partial charge in [-0.15, -0.1) is 0 Å². The molecule has 1 unspecified atom stereocenters. The number of aliphatic hydroxyl groups excluding tert-OH is 1. The largest absolute Gasteiger partial charge is 0.505 e. The summed E-state index contributed by atoms with van der Waals surface area (Å²) >= 11 is 0. The molecule has 4 aromatic rings. The molecule has 1 atom stereocenters. The third-order valence-electron chi connectivity index (χ3n) is 6.27. The summed E-state index contributed by atoms with van der Waals surface area (Å²) in [6.45, 7) is 2.75. The Morgan fingerprint density at radius 1 is 1.09 bits per heavy atom. The number of nitrogens with zero attached hydrogens (tertiary/aromatic N) is 5. The number of amides is 1. The van der Waals surface area contributed by atoms with E-state index < -0.39 is 17.7 Å². The van der Waals surface area contributed by atoms with Gasteiger partial charge < -0.3 is 19.3 Å². The number of aryl methyl sites for hydroxylation is 2. The van der Waals surface area contributed by atoms with Gasteiger partial charge in [0.15, 0.2) is 5.76 Å². The summed E-state index contributed by atoms with van der Waals surface area (Å²) in [5.41, 5.74) is 2.36. The molecular weight excluding hydrogens is 446 g/mol. The van der Waals surface area contributed by atoms with Crippen LogP contribution in [0, 0.1) is 6.92 Å². The standard InChI is InChI=1S/C26H25N5O4/c1-17-22(30-13-4-3-6-20(30)28-17)24(32)21-23(18-7-9-19(35-2)10-8-18)31(26(34)25(21)33)14-5-12-29-15-11-27-16-29/h3-4,6-11,13,15-16,23,32H,5,12,14H2,1-2H3/b24-21+. The average Bonchev–Trinajstić information content (AvgIpc) is 3.56. The van der Waals surface area contributed by atoms with Crippen molar-refractivity contribution >= 4 is 23.1 Å². The van der Waals surface area contributed by atoms with Gasteiger partial charge in [0.05, 0.1) is 30.7 Å². The number of ketones is 1. The van der Waals surface area contributed by atoms with Crippen LogP contribution in [0.2, 0.25) is 0 Å². The predicted molar refractivity (Wildman–Crippen MR) is 129 cm³/mol. The summed E-state index contributed by atoms with van der Waals surface area (Å²) in [5, 5.41) is 11.5. The van der Waals surface area contributed by atoms with Crippen molar-refractivity contribution in [2.24, 2.45) is 0 Å². The molecule has 0 saturated carbocycles. The van der Waals surface area contributed by atoms with Crippen molar-refractivity contribution in [3.05, 3.63) is 89.9 Å². The molecule has 9 heteroatoms. The molecule has 9 nitrogen and oxygen atoms in total. The van der Waals surface area contributed by atoms with Gasteiger partial charge in [0.2, 0.25) is 0 Å². The van der Waals surface area contributed by atoms with E-state index in [-0.39, 0.29) is 11.3 Å². The summed E-state index contributed by atoms with van der Waals surface area (Å²) in [6.07, 6.45) is 7.64. The van der Waals surface area contributed by atoms with Crippen LogP contribution in [0.5, 0.6) is 5.75 Å². The Labute approximate surface area is 201 Å². The summed E-state index contributed by atoms with van der Waals surface area (Å²) in [5.74, 6) is -0.929. The van der Waals surface area contributed by atoms with Gasteiger partial charge in [-0.2, -0.15) is 0 Å². The molecule has 1 aliphatic heterocycles. The van der Waals surface area contributed by atoms with E-state index in [0.29, 0.717) is 47.9 Å². The number of imidazole rings is 2. The molecule has 5 rings (SSSR count). The van der Waals surface area contributed by atoms with Gasteiger partial charge in [-0.25, -0.2) is 9.97 Å². The molecule has 1 amide bonds. The molecular formula is C26H25N5O4. The van der Waals surface area contributed by atoms with Gasteiger partial charge in [-0.05, 0) is 43.2 Å². The second-order valence-electron chi connectivity index (χ2n) is 8.39. The van der Waals surface area contributed by atoms with E-state index in [1.165, 1.54) is 4.90 Å². The summed E-state index contributed by atoms with van der Waals surface area (Å²) in [7, 11) is 1.57. The fourth-order valence-electron chi connectivity index (χ4n) is 4.61. The number of likely N-dealkylation sites (tertiary alicyclic amines) is 1. The molecule has 35 heavy (non-hydrogen) atoms. The zero-order valence-electron chi connectivity index (χ0n) is 19.5. The predicted octanol–water partition coefficient (Wildman–Crippen LogP) is 3.36. The van der Waals surface area contributed by atoms with Crippen LogP contribution in [0.15, 0.2) is 73.0 Å². The number of fused-ring (bicyclic) bond motifs is 1. The molecule has 1 aromatic carbocycles. The average molecular weight is 472 g/mol. The number of pyridine rings is 1. The Hall–Kier alpha value is -4.40. The van der Waals surface area contributed by atoms with Gasteiger partial charge >= 0.3 is 0 Å². The zero-order chi connectivity index (χ0) is 24.5. The molecule has 0 aliphatic carbocycles. The van der Waals surface area contributed by atoms with Crippen molar-refractivity contribution < 1.29 is 19.4 Å². The van der Waals surface area contributed by atoms with E-state index in [0.717, 1.165) is 0 Å². The molecule has 178 valence electrons. The van der Waals surface area contributed by atoms with Crippen LogP contribution in [0.25, 0.3) is 11.4 Å². The normalized spacial score (nSPS) is 17.4. The number of aromatic nitrogens is 4. The Kier molecular flexibility index (Phi) is 5.82. The number of aliphatic hydroxyl groups is 1. The number of ether oxygens (including phenoxy) is 1. The van der Waals surface area contributed by atoms with Crippen molar-refractivity contribution in [2.75, 3.05) is 13.7 Å². The quantitative estimate of drug-likeness (QED) is 0.252. The summed E-state index contributed by atoms with van der Waals surface area (Å²) < 4.78 is 8.92. The summed E-state index contributed by atoms with van der Waals surface area (Å²) in [4.78, 5) is 36.6. The van der Waals surface area contributed by atoms with E-state index in [1.807, 2.05) is 41.1 Å². The topological polar surface area (TPSA) is 102 Å². The molecule has 1 saturated heterocycles. The van der Waals surface area contributed by atoms with Crippen molar-refractivity contribution in [3.8, 4) is 5.75 Å². The molecule has 0 radical (unpaired) electrons. The van der Waals surface area contributed by atoms with Crippen LogP contribution in [0.3, 0.4) is 0 Å². The van der Waals surface area contributed by atoms with Crippen LogP contribution in [0.1, 0.15) is 29.4 Å². The van der Waals surface area contributed by atoms with Crippen molar-refractivity contribution in [1.82, 2.24) is 23.8 Å². The SMILES string of the molecule is COc1ccc(C2/C(=C(\O)c3c(C)nc4ccccn34)C(=O)C(=O)N2CCCn2ccnc2)cc1. The van der Waals surface area contributed by atoms with Crippen molar-refractivity contribution in [2.45, 2.75) is 25.9 Å². The maximum Gasteiger partial charge on any atom is 0.295 e. The minimum atomic E-state index is -0.739. The van der Waals surface area contributed by atoms with Crippen LogP contribution >= 0.6 is 0 Å². The molecule has 4 heterocycles. The molecule has 3 aromatic heterocycles. The van der Waals surface area contributed by atoms with Crippen LogP contribution in [-0.4, -0.2) is 54.3 Å². The van der Waals surface area contributed by atoms with Gasteiger partial charge in [0.1, 0.15) is 17.1 Å². The lowest BCUT2D eigenvalue weighted by Gasteiger charge is -2.25. The maximum absolute atomic E-state index is 13.3. The van der Waals surface area contributed by atoms with Crippen LogP contribution < -0.4 is 4.74 Å². The minimum absolute atomic E-state index is 0.0524. The molecule has 0 spiro atoms. The van der Waals surface area contributed by atoms with E-state index in [9.17, 15) is 14.7 Å². The van der Waals surface area contributed by atoms with Crippen molar-refractivity contribution in [1.29, 1.82) is 0 Å². The van der Waals surface area contributed by atoms with Crippen LogP contribution in [-0.2, 0) is 16.1 Å². The minimum Gasteiger partial charge on any atom is -0.505 e. The van der Waals surface area contributed by atoms with E-state index in [1.54, 1.807) is 49.3 Å². The van der Waals surface area contributed by atoms with E-state index >= 15 is 0 Å². The first-order valence-corrected chi connectivity index (χ1v) is 11.3. The highest BCUT2D eigenvalue weighted by atomic mass is 16.5. The fourth-order valence-corrected chi connectivity index (χ4v) is 4.61. The number of benzene rings is 1. The maximum atomic E-state index is 13.3. The van der Waals surface area contributed by atoms with Crippen molar-refractivity contribution in [3.63, 3.8) is 0 Å². The highest BCUT2D eigenvalue weighted by Crippen LogP contribution is 2.40. The number of hydrogen-bond acceptors (Lipinski definition) is 6. The van der Waals surface area contributed by atoms with Gasteiger partial charge in [-0.1, -0.05) is 18.2 Å². The lowest BCUT2D eigenvalue weighted by Crippen LogP contribution is -2.31. The smallest absolute Gasteiger partial charge is 0.295 e. The highest BCUT2D eigenvalue weighted by Gasteiger charge is 2.46. The Morgan fingerprint density at radius 3 is 2.60 bits per heavy atom. The van der Waals surface area contributed by atoms with Gasteiger partial charge in [0, 0.05) is 31.7 Å².